The summed E-state index contributed by atoms with van der Waals surface area (Å²) in [5.41, 5.74) is 2.57. The van der Waals surface area contributed by atoms with Gasteiger partial charge in [-0.3, -0.25) is 0 Å². The van der Waals surface area contributed by atoms with Gasteiger partial charge >= 0.3 is 5.97 Å². The van der Waals surface area contributed by atoms with Crippen molar-refractivity contribution in [2.24, 2.45) is 0 Å². The van der Waals surface area contributed by atoms with Gasteiger partial charge in [0, 0.05) is 6.20 Å². The number of rotatable bonds is 1. The largest absolute Gasteiger partial charge is 0.464 e. The molecule has 1 aliphatic rings. The molecule has 1 aromatic rings. The lowest BCUT2D eigenvalue weighted by Gasteiger charge is -2.05. The van der Waals surface area contributed by atoms with Crippen molar-refractivity contribution in [1.29, 1.82) is 5.26 Å². The van der Waals surface area contributed by atoms with E-state index in [2.05, 4.69) is 9.72 Å². The van der Waals surface area contributed by atoms with Crippen molar-refractivity contribution in [3.63, 3.8) is 0 Å². The second kappa shape index (κ2) is 3.70. The molecule has 0 atom stereocenters. The van der Waals surface area contributed by atoms with Crippen molar-refractivity contribution in [2.45, 2.75) is 19.3 Å². The van der Waals surface area contributed by atoms with Crippen LogP contribution in [-0.4, -0.2) is 18.1 Å². The van der Waals surface area contributed by atoms with E-state index in [1.54, 1.807) is 6.20 Å². The summed E-state index contributed by atoms with van der Waals surface area (Å²) in [7, 11) is 1.29. The Kier molecular flexibility index (Phi) is 2.38. The molecule has 0 N–H and O–H groups in total. The van der Waals surface area contributed by atoms with Crippen LogP contribution in [0, 0.1) is 11.3 Å². The average Bonchev–Trinajstić information content (AvgIpc) is 2.74. The van der Waals surface area contributed by atoms with E-state index in [4.69, 9.17) is 5.26 Å². The summed E-state index contributed by atoms with van der Waals surface area (Å²) in [6.07, 6.45) is 4.49. The minimum Gasteiger partial charge on any atom is -0.464 e. The fraction of sp³-hybridized carbons (Fsp3) is 0.364. The normalized spacial score (nSPS) is 13.1. The SMILES string of the molecule is COC(=O)c1ncc2c(c1C#N)CCC2. The lowest BCUT2D eigenvalue weighted by Crippen LogP contribution is -2.09. The molecule has 0 radical (unpaired) electrons. The Hall–Kier alpha value is -1.89. The molecule has 0 unspecified atom stereocenters. The third kappa shape index (κ3) is 1.46. The van der Waals surface area contributed by atoms with E-state index in [1.807, 2.05) is 6.07 Å². The summed E-state index contributed by atoms with van der Waals surface area (Å²) in [6, 6.07) is 2.05. The lowest BCUT2D eigenvalue weighted by atomic mass is 10.0. The van der Waals surface area contributed by atoms with Crippen LogP contribution in [0.4, 0.5) is 0 Å². The van der Waals surface area contributed by atoms with Gasteiger partial charge in [0.05, 0.1) is 12.7 Å². The number of nitriles is 1. The van der Waals surface area contributed by atoms with Crippen LogP contribution in [0.1, 0.15) is 33.6 Å². The van der Waals surface area contributed by atoms with Crippen molar-refractivity contribution in [3.8, 4) is 6.07 Å². The Morgan fingerprint density at radius 2 is 2.40 bits per heavy atom. The molecule has 0 fully saturated rings. The van der Waals surface area contributed by atoms with Gasteiger partial charge in [-0.2, -0.15) is 5.26 Å². The van der Waals surface area contributed by atoms with Gasteiger partial charge in [0.15, 0.2) is 5.69 Å². The molecule has 0 aromatic carbocycles. The van der Waals surface area contributed by atoms with Crippen molar-refractivity contribution in [2.75, 3.05) is 7.11 Å². The highest BCUT2D eigenvalue weighted by molar-refractivity contribution is 5.90. The molecule has 0 amide bonds. The number of aryl methyl sites for hydroxylation is 1. The highest BCUT2D eigenvalue weighted by atomic mass is 16.5. The molecule has 1 aliphatic carbocycles. The molecule has 2 rings (SSSR count). The van der Waals surface area contributed by atoms with Crippen LogP contribution in [0.3, 0.4) is 0 Å². The summed E-state index contributed by atoms with van der Waals surface area (Å²) in [6.45, 7) is 0. The Morgan fingerprint density at radius 1 is 1.60 bits per heavy atom. The summed E-state index contributed by atoms with van der Waals surface area (Å²) < 4.78 is 4.59. The second-order valence-electron chi connectivity index (χ2n) is 3.44. The van der Waals surface area contributed by atoms with Crippen molar-refractivity contribution < 1.29 is 9.53 Å². The highest BCUT2D eigenvalue weighted by Gasteiger charge is 2.22. The van der Waals surface area contributed by atoms with E-state index in [0.29, 0.717) is 5.56 Å². The minimum absolute atomic E-state index is 0.139. The number of fused-ring (bicyclic) bond motifs is 1. The minimum atomic E-state index is -0.541. The van der Waals surface area contributed by atoms with Crippen LogP contribution in [0.5, 0.6) is 0 Å². The molecule has 15 heavy (non-hydrogen) atoms. The first-order valence-electron chi connectivity index (χ1n) is 4.77. The van der Waals surface area contributed by atoms with E-state index in [0.717, 1.165) is 30.4 Å². The van der Waals surface area contributed by atoms with Crippen LogP contribution in [-0.2, 0) is 17.6 Å². The monoisotopic (exact) mass is 202 g/mol. The fourth-order valence-electron chi connectivity index (χ4n) is 1.92. The molecule has 76 valence electrons. The van der Waals surface area contributed by atoms with Gasteiger partial charge in [0.2, 0.25) is 0 Å². The Morgan fingerprint density at radius 3 is 3.07 bits per heavy atom. The molecule has 0 spiro atoms. The van der Waals surface area contributed by atoms with Gasteiger partial charge in [-0.15, -0.1) is 0 Å². The highest BCUT2D eigenvalue weighted by Crippen LogP contribution is 2.26. The molecule has 4 nitrogen and oxygen atoms in total. The third-order valence-electron chi connectivity index (χ3n) is 2.64. The maximum absolute atomic E-state index is 11.4. The number of carbonyl (C=O) groups is 1. The van der Waals surface area contributed by atoms with Gasteiger partial charge < -0.3 is 4.74 Å². The van der Waals surface area contributed by atoms with Gasteiger partial charge in [0.25, 0.3) is 0 Å². The number of esters is 1. The zero-order valence-electron chi connectivity index (χ0n) is 8.41. The molecular weight excluding hydrogens is 192 g/mol. The van der Waals surface area contributed by atoms with Crippen LogP contribution >= 0.6 is 0 Å². The summed E-state index contributed by atoms with van der Waals surface area (Å²) >= 11 is 0. The van der Waals surface area contributed by atoms with E-state index in [1.165, 1.54) is 7.11 Å². The van der Waals surface area contributed by atoms with Gasteiger partial charge in [-0.05, 0) is 30.4 Å². The Balaban J connectivity index is 2.59. The molecule has 0 saturated heterocycles. The number of ether oxygens (including phenoxy) is 1. The van der Waals surface area contributed by atoms with E-state index in [9.17, 15) is 4.79 Å². The standard InChI is InChI=1S/C11H10N2O2/c1-15-11(14)10-9(5-12)8-4-2-3-7(8)6-13-10/h6H,2-4H2,1H3. The zero-order valence-corrected chi connectivity index (χ0v) is 8.41. The molecule has 0 bridgehead atoms. The molecule has 4 heteroatoms. The number of pyridine rings is 1. The smallest absolute Gasteiger partial charge is 0.358 e. The van der Waals surface area contributed by atoms with E-state index < -0.39 is 5.97 Å². The molecular formula is C11H10N2O2. The van der Waals surface area contributed by atoms with Crippen LogP contribution in [0.15, 0.2) is 6.20 Å². The third-order valence-corrected chi connectivity index (χ3v) is 2.64. The first-order valence-corrected chi connectivity index (χ1v) is 4.77. The van der Waals surface area contributed by atoms with E-state index >= 15 is 0 Å². The number of nitrogens with zero attached hydrogens (tertiary/aromatic N) is 2. The van der Waals surface area contributed by atoms with Crippen molar-refractivity contribution in [1.82, 2.24) is 4.98 Å². The van der Waals surface area contributed by atoms with Gasteiger partial charge in [-0.1, -0.05) is 0 Å². The predicted molar refractivity (Wildman–Crippen MR) is 52.3 cm³/mol. The van der Waals surface area contributed by atoms with Crippen LogP contribution in [0.2, 0.25) is 0 Å². The van der Waals surface area contributed by atoms with Crippen molar-refractivity contribution in [3.05, 3.63) is 28.6 Å². The topological polar surface area (TPSA) is 63.0 Å². The molecule has 1 heterocycles. The number of hydrogen-bond donors (Lipinski definition) is 0. The average molecular weight is 202 g/mol. The molecule has 0 saturated carbocycles. The lowest BCUT2D eigenvalue weighted by molar-refractivity contribution is 0.0593. The number of hydrogen-bond acceptors (Lipinski definition) is 4. The van der Waals surface area contributed by atoms with Crippen LogP contribution in [0.25, 0.3) is 0 Å². The first kappa shape index (κ1) is 9.66. The number of aromatic nitrogens is 1. The van der Waals surface area contributed by atoms with Gasteiger partial charge in [-0.25, -0.2) is 9.78 Å². The Bertz CT molecular complexity index is 460. The molecule has 0 aliphatic heterocycles. The summed E-state index contributed by atoms with van der Waals surface area (Å²) in [4.78, 5) is 15.4. The van der Waals surface area contributed by atoms with Crippen molar-refractivity contribution >= 4 is 5.97 Å². The second-order valence-corrected chi connectivity index (χ2v) is 3.44. The van der Waals surface area contributed by atoms with E-state index in [-0.39, 0.29) is 5.69 Å². The number of methoxy groups -OCH3 is 1. The summed E-state index contributed by atoms with van der Waals surface area (Å²) in [5, 5.41) is 9.03. The van der Waals surface area contributed by atoms with Gasteiger partial charge in [0.1, 0.15) is 6.07 Å². The summed E-state index contributed by atoms with van der Waals surface area (Å²) in [5.74, 6) is -0.541. The van der Waals surface area contributed by atoms with Crippen LogP contribution < -0.4 is 0 Å². The maximum atomic E-state index is 11.4. The molecule has 1 aromatic heterocycles. The first-order chi connectivity index (χ1) is 7.27. The number of carbonyl (C=O) groups excluding carboxylic acids is 1. The fourth-order valence-corrected chi connectivity index (χ4v) is 1.92. The maximum Gasteiger partial charge on any atom is 0.358 e. The predicted octanol–water partition coefficient (Wildman–Crippen LogP) is 1.23. The quantitative estimate of drug-likeness (QED) is 0.642. The zero-order chi connectivity index (χ0) is 10.8. The Labute approximate surface area is 87.5 Å².